The van der Waals surface area contributed by atoms with Gasteiger partial charge < -0.3 is 9.84 Å². The molecule has 2 N–H and O–H groups in total. The molecule has 0 aliphatic heterocycles. The fraction of sp³-hybridized carbons (Fsp3) is 0.0500. The van der Waals surface area contributed by atoms with E-state index in [1.54, 1.807) is 42.6 Å². The van der Waals surface area contributed by atoms with Gasteiger partial charge in [-0.2, -0.15) is 5.10 Å². The summed E-state index contributed by atoms with van der Waals surface area (Å²) in [6.07, 6.45) is 2.71. The van der Waals surface area contributed by atoms with Crippen molar-refractivity contribution in [3.05, 3.63) is 92.1 Å². The molecule has 152 valence electrons. The minimum Gasteiger partial charge on any atom is -0.488 e. The molecule has 0 fully saturated rings. The average Bonchev–Trinajstić information content (AvgIpc) is 2.73. The molecule has 0 saturated carbocycles. The number of benzene rings is 2. The molecular weight excluding hydrogens is 456 g/mol. The number of hydrazone groups is 1. The first kappa shape index (κ1) is 20.9. The van der Waals surface area contributed by atoms with Gasteiger partial charge in [0.2, 0.25) is 0 Å². The maximum absolute atomic E-state index is 11.0. The molecule has 1 aromatic heterocycles. The lowest BCUT2D eigenvalue weighted by Gasteiger charge is -2.09. The summed E-state index contributed by atoms with van der Waals surface area (Å²) in [6.45, 7) is 0.223. The van der Waals surface area contributed by atoms with E-state index in [2.05, 4.69) is 31.4 Å². The molecule has 3 rings (SSSR count). The van der Waals surface area contributed by atoms with Crippen molar-refractivity contribution in [3.8, 4) is 5.75 Å². The van der Waals surface area contributed by atoms with Crippen LogP contribution in [0.3, 0.4) is 0 Å². The molecule has 1 heterocycles. The van der Waals surface area contributed by atoms with E-state index in [0.717, 1.165) is 17.3 Å². The van der Waals surface area contributed by atoms with Crippen LogP contribution < -0.4 is 10.2 Å². The summed E-state index contributed by atoms with van der Waals surface area (Å²) in [6, 6.07) is 14.7. The van der Waals surface area contributed by atoms with Crippen LogP contribution in [0, 0.1) is 10.1 Å². The Labute approximate surface area is 179 Å². The van der Waals surface area contributed by atoms with Crippen LogP contribution in [0.2, 0.25) is 0 Å². The number of aromatic nitrogens is 1. The Morgan fingerprint density at radius 1 is 1.27 bits per heavy atom. The highest BCUT2D eigenvalue weighted by Gasteiger charge is 2.07. The normalized spacial score (nSPS) is 10.7. The predicted octanol–water partition coefficient (Wildman–Crippen LogP) is 4.48. The zero-order valence-corrected chi connectivity index (χ0v) is 16.9. The molecule has 0 aliphatic rings. The van der Waals surface area contributed by atoms with Crippen LogP contribution in [0.5, 0.6) is 5.75 Å². The van der Waals surface area contributed by atoms with Crippen molar-refractivity contribution >= 4 is 39.6 Å². The molecule has 10 heteroatoms. The molecular formula is C20H15BrN4O5. The number of carboxylic acid groups (broad SMARTS) is 1. The zero-order valence-electron chi connectivity index (χ0n) is 15.4. The van der Waals surface area contributed by atoms with Crippen LogP contribution >= 0.6 is 15.9 Å². The van der Waals surface area contributed by atoms with Crippen LogP contribution in [0.15, 0.2) is 70.4 Å². The van der Waals surface area contributed by atoms with E-state index >= 15 is 0 Å². The Balaban J connectivity index is 1.59. The lowest BCUT2D eigenvalue weighted by molar-refractivity contribution is -0.385. The third-order valence-corrected chi connectivity index (χ3v) is 4.50. The predicted molar refractivity (Wildman–Crippen MR) is 114 cm³/mol. The molecule has 30 heavy (non-hydrogen) atoms. The molecule has 0 atom stereocenters. The van der Waals surface area contributed by atoms with Gasteiger partial charge in [0.1, 0.15) is 24.4 Å². The van der Waals surface area contributed by atoms with Gasteiger partial charge in [-0.25, -0.2) is 9.78 Å². The fourth-order valence-electron chi connectivity index (χ4n) is 2.40. The van der Waals surface area contributed by atoms with Gasteiger partial charge in [-0.15, -0.1) is 0 Å². The molecule has 2 aromatic carbocycles. The van der Waals surface area contributed by atoms with Crippen molar-refractivity contribution in [2.24, 2.45) is 5.10 Å². The number of hydrogen-bond donors (Lipinski definition) is 2. The molecule has 0 unspecified atom stereocenters. The third kappa shape index (κ3) is 5.61. The van der Waals surface area contributed by atoms with Gasteiger partial charge in [0.15, 0.2) is 0 Å². The van der Waals surface area contributed by atoms with Crippen molar-refractivity contribution in [2.45, 2.75) is 6.61 Å². The summed E-state index contributed by atoms with van der Waals surface area (Å²) >= 11 is 3.44. The van der Waals surface area contributed by atoms with Crippen LogP contribution in [-0.2, 0) is 6.61 Å². The Morgan fingerprint density at radius 2 is 2.10 bits per heavy atom. The molecule has 0 radical (unpaired) electrons. The summed E-state index contributed by atoms with van der Waals surface area (Å²) in [5.41, 5.74) is 4.32. The average molecular weight is 471 g/mol. The number of nitrogens with zero attached hydrogens (tertiary/aromatic N) is 3. The molecule has 0 spiro atoms. The molecule has 0 bridgehead atoms. The van der Waals surface area contributed by atoms with Crippen LogP contribution in [0.1, 0.15) is 21.5 Å². The second-order valence-corrected chi connectivity index (χ2v) is 6.87. The fourth-order valence-corrected chi connectivity index (χ4v) is 2.91. The lowest BCUT2D eigenvalue weighted by Crippen LogP contribution is -2.00. The van der Waals surface area contributed by atoms with E-state index in [4.69, 9.17) is 9.84 Å². The third-order valence-electron chi connectivity index (χ3n) is 3.88. The first-order valence-electron chi connectivity index (χ1n) is 8.56. The minimum absolute atomic E-state index is 0.0984. The van der Waals surface area contributed by atoms with Crippen molar-refractivity contribution < 1.29 is 19.6 Å². The van der Waals surface area contributed by atoms with Crippen LogP contribution in [-0.4, -0.2) is 27.2 Å². The van der Waals surface area contributed by atoms with Gasteiger partial charge in [0.25, 0.3) is 5.69 Å². The molecule has 3 aromatic rings. The monoisotopic (exact) mass is 470 g/mol. The number of carboxylic acids is 1. The number of aromatic carboxylic acids is 1. The highest BCUT2D eigenvalue weighted by Crippen LogP contribution is 2.26. The number of halogens is 1. The lowest BCUT2D eigenvalue weighted by atomic mass is 10.1. The summed E-state index contributed by atoms with van der Waals surface area (Å²) in [7, 11) is 0. The van der Waals surface area contributed by atoms with Gasteiger partial charge in [0.05, 0.1) is 21.2 Å². The topological polar surface area (TPSA) is 127 Å². The standard InChI is InChI=1S/C20H15BrN4O5/c21-17-9-13(10-23-24-19-7-5-16(11-22-19)25(28)29)4-6-18(17)30-12-14-2-1-3-15(8-14)20(26)27/h1-11H,12H2,(H,22,24)(H,26,27)/b23-10+. The van der Waals surface area contributed by atoms with E-state index in [1.807, 2.05) is 0 Å². The molecule has 0 saturated heterocycles. The van der Waals surface area contributed by atoms with Crippen LogP contribution in [0.4, 0.5) is 11.5 Å². The summed E-state index contributed by atoms with van der Waals surface area (Å²) < 4.78 is 6.45. The van der Waals surface area contributed by atoms with Crippen molar-refractivity contribution in [1.29, 1.82) is 0 Å². The SMILES string of the molecule is O=C(O)c1cccc(COc2ccc(/C=N/Nc3ccc([N+](=O)[O-])cn3)cc2Br)c1. The summed E-state index contributed by atoms with van der Waals surface area (Å²) in [4.78, 5) is 25.0. The van der Waals surface area contributed by atoms with Gasteiger partial charge in [-0.3, -0.25) is 15.5 Å². The number of nitro groups is 1. The number of carbonyl (C=O) groups is 1. The summed E-state index contributed by atoms with van der Waals surface area (Å²) in [5.74, 6) is -0.0171. The second-order valence-electron chi connectivity index (χ2n) is 6.01. The molecule has 0 aliphatic carbocycles. The number of ether oxygens (including phenoxy) is 1. The molecule has 9 nitrogen and oxygen atoms in total. The van der Waals surface area contributed by atoms with Crippen LogP contribution in [0.25, 0.3) is 0 Å². The number of rotatable bonds is 8. The Hall–Kier alpha value is -3.79. The second kappa shape index (κ2) is 9.61. The maximum atomic E-state index is 11.0. The highest BCUT2D eigenvalue weighted by atomic mass is 79.9. The molecule has 0 amide bonds. The van der Waals surface area contributed by atoms with Crippen molar-refractivity contribution in [2.75, 3.05) is 5.43 Å². The minimum atomic E-state index is -0.987. The van der Waals surface area contributed by atoms with Crippen molar-refractivity contribution in [1.82, 2.24) is 4.98 Å². The summed E-state index contributed by atoms with van der Waals surface area (Å²) in [5, 5.41) is 23.7. The van der Waals surface area contributed by atoms with Crippen molar-refractivity contribution in [3.63, 3.8) is 0 Å². The van der Waals surface area contributed by atoms with E-state index in [0.29, 0.717) is 16.0 Å². The number of hydrogen-bond acceptors (Lipinski definition) is 7. The number of nitrogens with one attached hydrogen (secondary N) is 1. The van der Waals surface area contributed by atoms with Gasteiger partial charge >= 0.3 is 5.97 Å². The quantitative estimate of drug-likeness (QED) is 0.282. The van der Waals surface area contributed by atoms with E-state index in [1.165, 1.54) is 18.2 Å². The van der Waals surface area contributed by atoms with E-state index < -0.39 is 10.9 Å². The largest absolute Gasteiger partial charge is 0.488 e. The smallest absolute Gasteiger partial charge is 0.335 e. The van der Waals surface area contributed by atoms with E-state index in [9.17, 15) is 14.9 Å². The van der Waals surface area contributed by atoms with Gasteiger partial charge in [-0.1, -0.05) is 12.1 Å². The Morgan fingerprint density at radius 3 is 2.77 bits per heavy atom. The Bertz CT molecular complexity index is 1100. The zero-order chi connectivity index (χ0) is 21.5. The first-order chi connectivity index (χ1) is 14.4. The maximum Gasteiger partial charge on any atom is 0.335 e. The van der Waals surface area contributed by atoms with Gasteiger partial charge in [0, 0.05) is 6.07 Å². The number of anilines is 1. The van der Waals surface area contributed by atoms with Gasteiger partial charge in [-0.05, 0) is 63.5 Å². The highest BCUT2D eigenvalue weighted by molar-refractivity contribution is 9.10. The first-order valence-corrected chi connectivity index (χ1v) is 9.36. The van der Waals surface area contributed by atoms with E-state index in [-0.39, 0.29) is 17.9 Å². The Kier molecular flexibility index (Phi) is 6.71. The number of pyridine rings is 1.